The van der Waals surface area contributed by atoms with Crippen LogP contribution in [0.5, 0.6) is 0 Å². The summed E-state index contributed by atoms with van der Waals surface area (Å²) in [5, 5.41) is 8.46. The molecule has 0 amide bonds. The second-order valence-corrected chi connectivity index (χ2v) is 16.1. The molecule has 3 heteroatoms. The molecule has 0 unspecified atom stereocenters. The molecule has 0 saturated carbocycles. The second-order valence-electron chi connectivity index (χ2n) is 11.7. The van der Waals surface area contributed by atoms with Crippen molar-refractivity contribution >= 4 is 47.7 Å². The van der Waals surface area contributed by atoms with Gasteiger partial charge in [0.2, 0.25) is 0 Å². The third kappa shape index (κ3) is 9.43. The van der Waals surface area contributed by atoms with Crippen molar-refractivity contribution in [3.05, 3.63) is 179 Å². The van der Waals surface area contributed by atoms with E-state index in [1.54, 1.807) is 0 Å². The zero-order valence-electron chi connectivity index (χ0n) is 27.1. The van der Waals surface area contributed by atoms with Crippen LogP contribution in [0.3, 0.4) is 0 Å². The second kappa shape index (κ2) is 16.4. The summed E-state index contributed by atoms with van der Waals surface area (Å²) in [6.07, 6.45) is 0. The van der Waals surface area contributed by atoms with Gasteiger partial charge in [0, 0.05) is 20.4 Å². The van der Waals surface area contributed by atoms with Crippen LogP contribution in [-0.4, -0.2) is 0 Å². The Morgan fingerprint density at radius 3 is 0.444 bits per heavy atom. The van der Waals surface area contributed by atoms with Gasteiger partial charge in [0.1, 0.15) is 0 Å². The summed E-state index contributed by atoms with van der Waals surface area (Å²) >= 11 is 0. The molecule has 0 N–H and O–H groups in total. The molecule has 0 atom stereocenters. The van der Waals surface area contributed by atoms with Crippen LogP contribution >= 0.6 is 15.8 Å². The summed E-state index contributed by atoms with van der Waals surface area (Å²) in [7, 11) is -0.966. The van der Waals surface area contributed by atoms with Crippen LogP contribution in [0, 0.1) is 41.5 Å². The SMILES string of the molecule is Cc1ccc(P(c2ccc(C)cc2)c2ccc(C)cc2)cc1.Cc1ccc(P(c2ccc(C)cc2)c2ccc(C)cc2)cc1.[Pd]. The minimum Gasteiger partial charge on any atom is -0.0587 e. The van der Waals surface area contributed by atoms with E-state index in [-0.39, 0.29) is 20.4 Å². The van der Waals surface area contributed by atoms with Gasteiger partial charge in [-0.3, -0.25) is 0 Å². The fraction of sp³-hybridized carbons (Fsp3) is 0.143. The summed E-state index contributed by atoms with van der Waals surface area (Å²) in [4.78, 5) is 0. The van der Waals surface area contributed by atoms with Gasteiger partial charge in [-0.15, -0.1) is 0 Å². The van der Waals surface area contributed by atoms with Crippen LogP contribution in [0.25, 0.3) is 0 Å². The van der Waals surface area contributed by atoms with E-state index in [0.717, 1.165) is 0 Å². The van der Waals surface area contributed by atoms with Crippen LogP contribution in [0.1, 0.15) is 33.4 Å². The molecular weight excluding hydrogens is 673 g/mol. The van der Waals surface area contributed by atoms with Crippen molar-refractivity contribution in [1.82, 2.24) is 0 Å². The minimum atomic E-state index is -0.483. The number of aryl methyl sites for hydroxylation is 6. The van der Waals surface area contributed by atoms with E-state index < -0.39 is 15.8 Å². The maximum atomic E-state index is 2.28. The molecule has 0 bridgehead atoms. The Morgan fingerprint density at radius 1 is 0.222 bits per heavy atom. The first-order chi connectivity index (χ1) is 21.3. The summed E-state index contributed by atoms with van der Waals surface area (Å²) in [6, 6.07) is 53.9. The van der Waals surface area contributed by atoms with Gasteiger partial charge in [0.25, 0.3) is 0 Å². The normalized spacial score (nSPS) is 10.7. The van der Waals surface area contributed by atoms with E-state index in [2.05, 4.69) is 187 Å². The predicted molar refractivity (Wildman–Crippen MR) is 199 cm³/mol. The molecule has 230 valence electrons. The molecule has 6 aromatic carbocycles. The molecule has 0 heterocycles. The van der Waals surface area contributed by atoms with Crippen LogP contribution < -0.4 is 31.8 Å². The maximum absolute atomic E-state index is 2.28. The molecule has 0 aliphatic carbocycles. The summed E-state index contributed by atoms with van der Waals surface area (Å²) in [5.41, 5.74) is 7.87. The largest absolute Gasteiger partial charge is 0.0587 e. The fourth-order valence-corrected chi connectivity index (χ4v) is 9.53. The van der Waals surface area contributed by atoms with Crippen molar-refractivity contribution < 1.29 is 20.4 Å². The van der Waals surface area contributed by atoms with E-state index in [4.69, 9.17) is 0 Å². The van der Waals surface area contributed by atoms with Crippen molar-refractivity contribution in [1.29, 1.82) is 0 Å². The van der Waals surface area contributed by atoms with Crippen LogP contribution in [0.2, 0.25) is 0 Å². The summed E-state index contributed by atoms with van der Waals surface area (Å²) < 4.78 is 0. The first-order valence-corrected chi connectivity index (χ1v) is 18.0. The van der Waals surface area contributed by atoms with Gasteiger partial charge in [-0.05, 0) is 89.2 Å². The predicted octanol–water partition coefficient (Wildman–Crippen LogP) is 8.74. The first-order valence-electron chi connectivity index (χ1n) is 15.3. The van der Waals surface area contributed by atoms with Gasteiger partial charge in [-0.25, -0.2) is 0 Å². The number of hydrogen-bond donors (Lipinski definition) is 0. The van der Waals surface area contributed by atoms with Gasteiger partial charge < -0.3 is 0 Å². The summed E-state index contributed by atoms with van der Waals surface area (Å²) in [6.45, 7) is 12.9. The van der Waals surface area contributed by atoms with Crippen molar-refractivity contribution in [2.75, 3.05) is 0 Å². The van der Waals surface area contributed by atoms with E-state index in [1.807, 2.05) is 0 Å². The maximum Gasteiger partial charge on any atom is 0 e. The van der Waals surface area contributed by atoms with Gasteiger partial charge in [0.05, 0.1) is 0 Å². The van der Waals surface area contributed by atoms with Crippen LogP contribution in [0.4, 0.5) is 0 Å². The topological polar surface area (TPSA) is 0 Å². The van der Waals surface area contributed by atoms with Crippen molar-refractivity contribution in [2.45, 2.75) is 41.5 Å². The van der Waals surface area contributed by atoms with Gasteiger partial charge >= 0.3 is 0 Å². The summed E-state index contributed by atoms with van der Waals surface area (Å²) in [5.74, 6) is 0. The van der Waals surface area contributed by atoms with E-state index in [1.165, 1.54) is 65.2 Å². The average Bonchev–Trinajstić information content (AvgIpc) is 3.03. The van der Waals surface area contributed by atoms with Gasteiger partial charge in [-0.2, -0.15) is 0 Å². The molecule has 45 heavy (non-hydrogen) atoms. The quantitative estimate of drug-likeness (QED) is 0.120. The first kappa shape index (κ1) is 34.7. The van der Waals surface area contributed by atoms with E-state index in [0.29, 0.717) is 0 Å². The smallest absolute Gasteiger partial charge is 0 e. The molecule has 6 rings (SSSR count). The Kier molecular flexibility index (Phi) is 12.7. The number of hydrogen-bond acceptors (Lipinski definition) is 0. The number of benzene rings is 6. The fourth-order valence-electron chi connectivity index (χ4n) is 5.06. The van der Waals surface area contributed by atoms with E-state index >= 15 is 0 Å². The van der Waals surface area contributed by atoms with Crippen molar-refractivity contribution in [2.24, 2.45) is 0 Å². The zero-order chi connectivity index (χ0) is 31.1. The number of rotatable bonds is 6. The molecule has 0 aliphatic heterocycles. The Morgan fingerprint density at radius 2 is 0.333 bits per heavy atom. The Balaban J connectivity index is 0.000000200. The van der Waals surface area contributed by atoms with Gasteiger partial charge in [0.15, 0.2) is 0 Å². The zero-order valence-corrected chi connectivity index (χ0v) is 30.4. The average molecular weight is 715 g/mol. The Bertz CT molecular complexity index is 1400. The van der Waals surface area contributed by atoms with Crippen molar-refractivity contribution in [3.63, 3.8) is 0 Å². The molecule has 0 radical (unpaired) electrons. The molecule has 0 aromatic heterocycles. The third-order valence-corrected chi connectivity index (χ3v) is 12.6. The van der Waals surface area contributed by atoms with Crippen molar-refractivity contribution in [3.8, 4) is 0 Å². The Labute approximate surface area is 287 Å². The van der Waals surface area contributed by atoms with Crippen LogP contribution in [-0.2, 0) is 20.4 Å². The molecule has 0 aliphatic rings. The molecule has 0 nitrogen and oxygen atoms in total. The molecule has 0 saturated heterocycles. The van der Waals surface area contributed by atoms with E-state index in [9.17, 15) is 0 Å². The molecule has 0 spiro atoms. The standard InChI is InChI=1S/2C21H21P.Pd/c2*1-16-4-10-19(11-5-16)22(20-12-6-17(2)7-13-20)21-14-8-18(3)9-15-21;/h2*4-15H,1-3H3;. The minimum absolute atomic E-state index is 0. The Hall–Kier alpha value is -3.16. The van der Waals surface area contributed by atoms with Gasteiger partial charge in [-0.1, -0.05) is 179 Å². The molecular formula is C42H42P2Pd. The monoisotopic (exact) mass is 714 g/mol. The van der Waals surface area contributed by atoms with Crippen LogP contribution in [0.15, 0.2) is 146 Å². The third-order valence-electron chi connectivity index (χ3n) is 7.75. The molecule has 0 fully saturated rings. The molecule has 6 aromatic rings.